The third-order valence-electron chi connectivity index (χ3n) is 3.99. The van der Waals surface area contributed by atoms with Gasteiger partial charge in [-0.2, -0.15) is 5.10 Å². The minimum atomic E-state index is 0.265. The van der Waals surface area contributed by atoms with E-state index in [1.807, 2.05) is 18.7 Å². The van der Waals surface area contributed by atoms with Gasteiger partial charge in [0.1, 0.15) is 0 Å². The van der Waals surface area contributed by atoms with Gasteiger partial charge in [-0.15, -0.1) is 0 Å². The lowest BCUT2D eigenvalue weighted by Gasteiger charge is -2.26. The van der Waals surface area contributed by atoms with Crippen molar-refractivity contribution in [3.8, 4) is 0 Å². The van der Waals surface area contributed by atoms with Gasteiger partial charge in [-0.25, -0.2) is 0 Å². The van der Waals surface area contributed by atoms with E-state index in [1.54, 1.807) is 7.11 Å². The molecule has 0 amide bonds. The van der Waals surface area contributed by atoms with Crippen molar-refractivity contribution in [1.82, 2.24) is 15.1 Å². The van der Waals surface area contributed by atoms with E-state index in [4.69, 9.17) is 16.3 Å². The Bertz CT molecular complexity index is 429. The number of methoxy groups -OCH3 is 1. The van der Waals surface area contributed by atoms with Crippen LogP contribution in [0.5, 0.6) is 0 Å². The number of ether oxygens (including phenoxy) is 1. The zero-order chi connectivity index (χ0) is 14.0. The predicted molar refractivity (Wildman–Crippen MR) is 77.7 cm³/mol. The largest absolute Gasteiger partial charge is 0.380 e. The summed E-state index contributed by atoms with van der Waals surface area (Å²) in [5.74, 6) is 0.695. The van der Waals surface area contributed by atoms with E-state index < -0.39 is 0 Å². The molecule has 2 rings (SSSR count). The number of aromatic nitrogens is 2. The van der Waals surface area contributed by atoms with Gasteiger partial charge in [0.2, 0.25) is 0 Å². The fraction of sp³-hybridized carbons (Fsp3) is 0.786. The molecular weight excluding hydrogens is 262 g/mol. The number of aryl methyl sites for hydroxylation is 2. The van der Waals surface area contributed by atoms with Crippen LogP contribution in [-0.4, -0.2) is 36.1 Å². The monoisotopic (exact) mass is 285 g/mol. The Balaban J connectivity index is 2.17. The molecule has 0 aromatic carbocycles. The maximum Gasteiger partial charge on any atom is 0.0847 e. The van der Waals surface area contributed by atoms with Gasteiger partial charge < -0.3 is 10.1 Å². The molecular formula is C14H24ClN3O. The van der Waals surface area contributed by atoms with Gasteiger partial charge in [-0.3, -0.25) is 4.68 Å². The molecule has 2 atom stereocenters. The molecule has 1 N–H and O–H groups in total. The smallest absolute Gasteiger partial charge is 0.0847 e. The Morgan fingerprint density at radius 1 is 1.53 bits per heavy atom. The molecule has 4 nitrogen and oxygen atoms in total. The second kappa shape index (κ2) is 6.25. The lowest BCUT2D eigenvalue weighted by Crippen LogP contribution is -2.42. The molecule has 0 spiro atoms. The van der Waals surface area contributed by atoms with Crippen LogP contribution in [0, 0.1) is 12.8 Å². The third-order valence-corrected chi connectivity index (χ3v) is 4.48. The van der Waals surface area contributed by atoms with Crippen LogP contribution in [0.3, 0.4) is 0 Å². The minimum Gasteiger partial charge on any atom is -0.380 e. The molecule has 108 valence electrons. The van der Waals surface area contributed by atoms with Gasteiger partial charge in [0.15, 0.2) is 0 Å². The van der Waals surface area contributed by atoms with Crippen LogP contribution in [0.15, 0.2) is 0 Å². The first-order valence-electron chi connectivity index (χ1n) is 7.04. The maximum absolute atomic E-state index is 6.38. The van der Waals surface area contributed by atoms with Crippen LogP contribution in [0.2, 0.25) is 5.02 Å². The van der Waals surface area contributed by atoms with Crippen LogP contribution in [0.4, 0.5) is 0 Å². The molecule has 1 aliphatic carbocycles. The van der Waals surface area contributed by atoms with Gasteiger partial charge in [0.05, 0.1) is 22.5 Å². The number of nitrogens with one attached hydrogen (secondary N) is 1. The fourth-order valence-corrected chi connectivity index (χ4v) is 2.98. The van der Waals surface area contributed by atoms with Crippen molar-refractivity contribution in [2.45, 2.75) is 51.8 Å². The second-order valence-electron chi connectivity index (χ2n) is 5.30. The van der Waals surface area contributed by atoms with E-state index in [0.29, 0.717) is 5.92 Å². The Labute approximate surface area is 120 Å². The fourth-order valence-electron chi connectivity index (χ4n) is 2.76. The number of nitrogens with zero attached hydrogens (tertiary/aromatic N) is 2. The maximum atomic E-state index is 6.38. The van der Waals surface area contributed by atoms with Crippen molar-refractivity contribution in [3.05, 3.63) is 16.4 Å². The van der Waals surface area contributed by atoms with E-state index in [9.17, 15) is 0 Å². The van der Waals surface area contributed by atoms with E-state index in [-0.39, 0.29) is 12.1 Å². The number of likely N-dealkylation sites (N-methyl/N-ethyl adjacent to an activating group) is 1. The molecule has 19 heavy (non-hydrogen) atoms. The molecule has 5 heteroatoms. The Morgan fingerprint density at radius 3 is 2.68 bits per heavy atom. The Morgan fingerprint density at radius 2 is 2.21 bits per heavy atom. The van der Waals surface area contributed by atoms with Crippen LogP contribution >= 0.6 is 11.6 Å². The van der Waals surface area contributed by atoms with Crippen molar-refractivity contribution < 1.29 is 4.74 Å². The zero-order valence-electron chi connectivity index (χ0n) is 12.2. The summed E-state index contributed by atoms with van der Waals surface area (Å²) in [4.78, 5) is 0. The predicted octanol–water partition coefficient (Wildman–Crippen LogP) is 2.42. The summed E-state index contributed by atoms with van der Waals surface area (Å²) in [6.07, 6.45) is 3.67. The molecule has 1 aromatic rings. The molecule has 1 aliphatic rings. The zero-order valence-corrected chi connectivity index (χ0v) is 13.0. The summed E-state index contributed by atoms with van der Waals surface area (Å²) < 4.78 is 7.69. The van der Waals surface area contributed by atoms with Gasteiger partial charge in [0.25, 0.3) is 0 Å². The first-order chi connectivity index (χ1) is 9.12. The minimum absolute atomic E-state index is 0.265. The topological polar surface area (TPSA) is 39.1 Å². The molecule has 1 fully saturated rings. The van der Waals surface area contributed by atoms with Gasteiger partial charge >= 0.3 is 0 Å². The van der Waals surface area contributed by atoms with Gasteiger partial charge in [0, 0.05) is 26.1 Å². The van der Waals surface area contributed by atoms with Crippen LogP contribution in [-0.2, 0) is 17.7 Å². The van der Waals surface area contributed by atoms with Crippen molar-refractivity contribution in [3.63, 3.8) is 0 Å². The van der Waals surface area contributed by atoms with Crippen molar-refractivity contribution in [2.24, 2.45) is 5.92 Å². The molecule has 0 radical (unpaired) electrons. The lowest BCUT2D eigenvalue weighted by atomic mass is 10.0. The SMILES string of the molecule is CCn1nc(C)c(Cl)c1CC(NC)C(OC)C1CC1. The van der Waals surface area contributed by atoms with Crippen LogP contribution in [0.1, 0.15) is 31.2 Å². The van der Waals surface area contributed by atoms with E-state index in [0.717, 1.165) is 29.4 Å². The van der Waals surface area contributed by atoms with Crippen LogP contribution in [0.25, 0.3) is 0 Å². The third kappa shape index (κ3) is 3.12. The first kappa shape index (κ1) is 14.8. The summed E-state index contributed by atoms with van der Waals surface area (Å²) in [6, 6.07) is 0.288. The number of hydrogen-bond donors (Lipinski definition) is 1. The Hall–Kier alpha value is -0.580. The highest BCUT2D eigenvalue weighted by molar-refractivity contribution is 6.31. The van der Waals surface area contributed by atoms with Crippen LogP contribution < -0.4 is 5.32 Å². The second-order valence-corrected chi connectivity index (χ2v) is 5.68. The number of hydrogen-bond acceptors (Lipinski definition) is 3. The molecule has 1 heterocycles. The standard InChI is InChI=1S/C14H24ClN3O/c1-5-18-12(13(15)9(2)17-18)8-11(16-3)14(19-4)10-6-7-10/h10-11,14,16H,5-8H2,1-4H3. The van der Waals surface area contributed by atoms with E-state index >= 15 is 0 Å². The number of rotatable bonds is 7. The average Bonchev–Trinajstić information content (AvgIpc) is 3.20. The molecule has 0 bridgehead atoms. The normalized spacial score (nSPS) is 18.6. The Kier molecular flexibility index (Phi) is 4.87. The molecule has 0 aliphatic heterocycles. The first-order valence-corrected chi connectivity index (χ1v) is 7.42. The summed E-state index contributed by atoms with van der Waals surface area (Å²) >= 11 is 6.38. The van der Waals surface area contributed by atoms with Gasteiger partial charge in [-0.1, -0.05) is 11.6 Å². The van der Waals surface area contributed by atoms with E-state index in [2.05, 4.69) is 17.3 Å². The van der Waals surface area contributed by atoms with Crippen molar-refractivity contribution >= 4 is 11.6 Å². The highest BCUT2D eigenvalue weighted by atomic mass is 35.5. The molecule has 0 saturated heterocycles. The highest BCUT2D eigenvalue weighted by Gasteiger charge is 2.37. The average molecular weight is 286 g/mol. The molecule has 1 aromatic heterocycles. The van der Waals surface area contributed by atoms with Crippen molar-refractivity contribution in [2.75, 3.05) is 14.2 Å². The van der Waals surface area contributed by atoms with Gasteiger partial charge in [-0.05, 0) is 39.7 Å². The van der Waals surface area contributed by atoms with Crippen molar-refractivity contribution in [1.29, 1.82) is 0 Å². The summed E-state index contributed by atoms with van der Waals surface area (Å²) in [6.45, 7) is 4.90. The molecule has 2 unspecified atom stereocenters. The number of halogens is 1. The lowest BCUT2D eigenvalue weighted by molar-refractivity contribution is 0.0528. The summed E-state index contributed by atoms with van der Waals surface area (Å²) in [5, 5.41) is 8.66. The highest BCUT2D eigenvalue weighted by Crippen LogP contribution is 2.36. The quantitative estimate of drug-likeness (QED) is 0.836. The van der Waals surface area contributed by atoms with E-state index in [1.165, 1.54) is 12.8 Å². The summed E-state index contributed by atoms with van der Waals surface area (Å²) in [7, 11) is 3.80. The summed E-state index contributed by atoms with van der Waals surface area (Å²) in [5.41, 5.74) is 2.03. The molecule has 1 saturated carbocycles.